The van der Waals surface area contributed by atoms with Crippen molar-refractivity contribution in [1.82, 2.24) is 0 Å². The molecule has 0 amide bonds. The smallest absolute Gasteiger partial charge is 0.340 e. The summed E-state index contributed by atoms with van der Waals surface area (Å²) in [5.41, 5.74) is -0.216. The van der Waals surface area contributed by atoms with E-state index < -0.39 is 16.7 Å². The predicted molar refractivity (Wildman–Crippen MR) is 73.6 cm³/mol. The number of hydrogen-bond donors (Lipinski definition) is 0. The standard InChI is InChI=1S/C14H9ClFNO4/c15-12-6-5-10(17(19)20)7-11(12)14(18)21-8-9-3-1-2-4-13(9)16/h1-7H,8H2. The van der Waals surface area contributed by atoms with Crippen LogP contribution in [0.25, 0.3) is 0 Å². The fourth-order valence-electron chi connectivity index (χ4n) is 1.62. The Balaban J connectivity index is 2.15. The monoisotopic (exact) mass is 309 g/mol. The summed E-state index contributed by atoms with van der Waals surface area (Å²) in [7, 11) is 0. The van der Waals surface area contributed by atoms with E-state index in [1.54, 1.807) is 6.07 Å². The van der Waals surface area contributed by atoms with Crippen molar-refractivity contribution in [2.45, 2.75) is 6.61 Å². The molecule has 0 aliphatic rings. The molecule has 0 aromatic heterocycles. The molecule has 0 unspecified atom stereocenters. The predicted octanol–water partition coefficient (Wildman–Crippen LogP) is 3.74. The van der Waals surface area contributed by atoms with E-state index in [0.29, 0.717) is 0 Å². The lowest BCUT2D eigenvalue weighted by Gasteiger charge is -2.07. The fraction of sp³-hybridized carbons (Fsp3) is 0.0714. The van der Waals surface area contributed by atoms with Crippen LogP contribution in [0.3, 0.4) is 0 Å². The van der Waals surface area contributed by atoms with Crippen LogP contribution in [-0.2, 0) is 11.3 Å². The molecule has 0 fully saturated rings. The maximum atomic E-state index is 13.4. The summed E-state index contributed by atoms with van der Waals surface area (Å²) >= 11 is 5.81. The number of carbonyl (C=O) groups is 1. The van der Waals surface area contributed by atoms with E-state index in [4.69, 9.17) is 16.3 Å². The third-order valence-corrected chi connectivity index (χ3v) is 3.03. The van der Waals surface area contributed by atoms with Crippen LogP contribution in [0.1, 0.15) is 15.9 Å². The van der Waals surface area contributed by atoms with Crippen LogP contribution in [0.2, 0.25) is 5.02 Å². The normalized spacial score (nSPS) is 10.2. The second-order valence-corrected chi connectivity index (χ2v) is 4.50. The van der Waals surface area contributed by atoms with E-state index in [1.165, 1.54) is 30.3 Å². The van der Waals surface area contributed by atoms with Crippen molar-refractivity contribution in [2.24, 2.45) is 0 Å². The minimum absolute atomic E-state index is 0.0270. The van der Waals surface area contributed by atoms with Crippen LogP contribution in [-0.4, -0.2) is 10.9 Å². The number of carbonyl (C=O) groups excluding carboxylic acids is 1. The quantitative estimate of drug-likeness (QED) is 0.490. The molecule has 21 heavy (non-hydrogen) atoms. The van der Waals surface area contributed by atoms with Crippen LogP contribution in [0.4, 0.5) is 10.1 Å². The fourth-order valence-corrected chi connectivity index (χ4v) is 1.81. The topological polar surface area (TPSA) is 69.4 Å². The van der Waals surface area contributed by atoms with Gasteiger partial charge in [-0.25, -0.2) is 9.18 Å². The van der Waals surface area contributed by atoms with E-state index in [9.17, 15) is 19.3 Å². The Bertz CT molecular complexity index is 705. The first-order valence-corrected chi connectivity index (χ1v) is 6.21. The van der Waals surface area contributed by atoms with Crippen LogP contribution < -0.4 is 0 Å². The number of halogens is 2. The molecule has 108 valence electrons. The molecule has 5 nitrogen and oxygen atoms in total. The zero-order valence-corrected chi connectivity index (χ0v) is 11.3. The maximum absolute atomic E-state index is 13.4. The number of ether oxygens (including phenoxy) is 1. The molecule has 0 heterocycles. The van der Waals surface area contributed by atoms with Crippen LogP contribution >= 0.6 is 11.6 Å². The van der Waals surface area contributed by atoms with Crippen molar-refractivity contribution in [2.75, 3.05) is 0 Å². The molecule has 0 spiro atoms. The molecule has 0 aliphatic heterocycles. The Labute approximate surface area is 124 Å². The van der Waals surface area contributed by atoms with Gasteiger partial charge in [0.15, 0.2) is 0 Å². The van der Waals surface area contributed by atoms with Crippen molar-refractivity contribution in [3.8, 4) is 0 Å². The first-order valence-electron chi connectivity index (χ1n) is 5.83. The summed E-state index contributed by atoms with van der Waals surface area (Å²) in [4.78, 5) is 21.9. The Morgan fingerprint density at radius 1 is 1.29 bits per heavy atom. The third-order valence-electron chi connectivity index (χ3n) is 2.70. The number of nitro benzene ring substituents is 1. The average molecular weight is 310 g/mol. The van der Waals surface area contributed by atoms with Crippen molar-refractivity contribution >= 4 is 23.3 Å². The van der Waals surface area contributed by atoms with Crippen LogP contribution in [0, 0.1) is 15.9 Å². The van der Waals surface area contributed by atoms with Gasteiger partial charge in [-0.05, 0) is 12.1 Å². The molecule has 0 saturated carbocycles. The Morgan fingerprint density at radius 3 is 2.67 bits per heavy atom. The van der Waals surface area contributed by atoms with E-state index in [2.05, 4.69) is 0 Å². The van der Waals surface area contributed by atoms with Gasteiger partial charge >= 0.3 is 5.97 Å². The molecule has 0 aliphatic carbocycles. The number of esters is 1. The highest BCUT2D eigenvalue weighted by molar-refractivity contribution is 6.33. The highest BCUT2D eigenvalue weighted by Crippen LogP contribution is 2.23. The van der Waals surface area contributed by atoms with Crippen molar-refractivity contribution < 1.29 is 18.8 Å². The third kappa shape index (κ3) is 3.55. The molecule has 0 atom stereocenters. The Morgan fingerprint density at radius 2 is 2.00 bits per heavy atom. The van der Waals surface area contributed by atoms with Gasteiger partial charge in [-0.2, -0.15) is 0 Å². The van der Waals surface area contributed by atoms with E-state index >= 15 is 0 Å². The van der Waals surface area contributed by atoms with Gasteiger partial charge in [-0.1, -0.05) is 29.8 Å². The van der Waals surface area contributed by atoms with Gasteiger partial charge in [0, 0.05) is 17.7 Å². The summed E-state index contributed by atoms with van der Waals surface area (Å²) in [6.45, 7) is -0.287. The molecular weight excluding hydrogens is 301 g/mol. The lowest BCUT2D eigenvalue weighted by molar-refractivity contribution is -0.384. The average Bonchev–Trinajstić information content (AvgIpc) is 2.46. The molecule has 0 radical (unpaired) electrons. The molecule has 7 heteroatoms. The van der Waals surface area contributed by atoms with E-state index in [0.717, 1.165) is 6.07 Å². The molecule has 2 aromatic rings. The second-order valence-electron chi connectivity index (χ2n) is 4.09. The van der Waals surface area contributed by atoms with Gasteiger partial charge in [-0.3, -0.25) is 10.1 Å². The lowest BCUT2D eigenvalue weighted by Crippen LogP contribution is -2.07. The van der Waals surface area contributed by atoms with Crippen molar-refractivity contribution in [1.29, 1.82) is 0 Å². The molecule has 0 saturated heterocycles. The molecule has 0 bridgehead atoms. The maximum Gasteiger partial charge on any atom is 0.340 e. The first-order chi connectivity index (χ1) is 9.99. The zero-order chi connectivity index (χ0) is 15.4. The van der Waals surface area contributed by atoms with E-state index in [1.807, 2.05) is 0 Å². The summed E-state index contributed by atoms with van der Waals surface area (Å²) in [5, 5.41) is 10.7. The minimum atomic E-state index is -0.855. The second kappa shape index (κ2) is 6.32. The Hall–Kier alpha value is -2.47. The number of benzene rings is 2. The molecular formula is C14H9ClFNO4. The summed E-state index contributed by atoms with van der Waals surface area (Å²) < 4.78 is 18.3. The zero-order valence-electron chi connectivity index (χ0n) is 10.6. The molecule has 0 N–H and O–H groups in total. The number of rotatable bonds is 4. The van der Waals surface area contributed by atoms with Crippen molar-refractivity contribution in [3.05, 3.63) is 74.5 Å². The lowest BCUT2D eigenvalue weighted by atomic mass is 10.2. The van der Waals surface area contributed by atoms with E-state index in [-0.39, 0.29) is 28.4 Å². The SMILES string of the molecule is O=C(OCc1ccccc1F)c1cc([N+](=O)[O-])ccc1Cl. The molecule has 2 aromatic carbocycles. The number of nitrogens with zero attached hydrogens (tertiary/aromatic N) is 1. The number of non-ortho nitro benzene ring substituents is 1. The summed E-state index contributed by atoms with van der Waals surface area (Å²) in [6, 6.07) is 9.26. The number of hydrogen-bond acceptors (Lipinski definition) is 4. The van der Waals surface area contributed by atoms with Gasteiger partial charge in [0.1, 0.15) is 12.4 Å². The summed E-state index contributed by atoms with van der Waals surface area (Å²) in [6.07, 6.45) is 0. The molecule has 2 rings (SSSR count). The highest BCUT2D eigenvalue weighted by Gasteiger charge is 2.17. The largest absolute Gasteiger partial charge is 0.457 e. The van der Waals surface area contributed by atoms with Gasteiger partial charge in [0.25, 0.3) is 5.69 Å². The van der Waals surface area contributed by atoms with Gasteiger partial charge in [0.05, 0.1) is 15.5 Å². The first kappa shape index (κ1) is 14.9. The van der Waals surface area contributed by atoms with Gasteiger partial charge < -0.3 is 4.74 Å². The van der Waals surface area contributed by atoms with Gasteiger partial charge in [0.2, 0.25) is 0 Å². The Kier molecular flexibility index (Phi) is 4.49. The minimum Gasteiger partial charge on any atom is -0.457 e. The van der Waals surface area contributed by atoms with Gasteiger partial charge in [-0.15, -0.1) is 0 Å². The highest BCUT2D eigenvalue weighted by atomic mass is 35.5. The summed E-state index contributed by atoms with van der Waals surface area (Å²) in [5.74, 6) is -1.36. The van der Waals surface area contributed by atoms with Crippen LogP contribution in [0.15, 0.2) is 42.5 Å². The van der Waals surface area contributed by atoms with Crippen molar-refractivity contribution in [3.63, 3.8) is 0 Å². The number of nitro groups is 1. The van der Waals surface area contributed by atoms with Crippen LogP contribution in [0.5, 0.6) is 0 Å².